The van der Waals surface area contributed by atoms with Crippen molar-refractivity contribution in [2.75, 3.05) is 5.75 Å². The van der Waals surface area contributed by atoms with E-state index < -0.39 is 18.0 Å². The minimum absolute atomic E-state index is 0. The molecule has 1 aromatic heterocycles. The number of fused-ring (bicyclic) bond motifs is 1. The van der Waals surface area contributed by atoms with E-state index in [0.29, 0.717) is 30.2 Å². The quantitative estimate of drug-likeness (QED) is 0.223. The predicted octanol–water partition coefficient (Wildman–Crippen LogP) is 3.58. The van der Waals surface area contributed by atoms with Crippen LogP contribution in [0.4, 0.5) is 0 Å². The molecule has 0 saturated heterocycles. The topological polar surface area (TPSA) is 82.5 Å². The number of aromatic nitrogens is 1. The number of aliphatic hydroxyl groups excluding tert-OH is 1. The van der Waals surface area contributed by atoms with Gasteiger partial charge in [-0.3, -0.25) is 0 Å². The van der Waals surface area contributed by atoms with Crippen LogP contribution in [0.5, 0.6) is 5.75 Å². The van der Waals surface area contributed by atoms with Crippen molar-refractivity contribution < 1.29 is 49.3 Å². The van der Waals surface area contributed by atoms with Gasteiger partial charge in [0.2, 0.25) is 0 Å². The second kappa shape index (κ2) is 16.5. The number of benzene rings is 3. The van der Waals surface area contributed by atoms with Crippen molar-refractivity contribution in [1.82, 2.24) is 4.98 Å². The molecule has 41 heavy (non-hydrogen) atoms. The second-order valence-corrected chi connectivity index (χ2v) is 11.8. The minimum Gasteiger partial charge on any atom is -0.550 e. The number of aliphatic hydroxyl groups is 1. The molecule has 0 amide bonds. The van der Waals surface area contributed by atoms with Gasteiger partial charge in [-0.25, -0.2) is 4.98 Å². The Kier molecular flexibility index (Phi) is 13.5. The van der Waals surface area contributed by atoms with Crippen LogP contribution in [0.15, 0.2) is 78.9 Å². The first-order valence-electron chi connectivity index (χ1n) is 13.7. The first-order valence-corrected chi connectivity index (χ1v) is 15.1. The number of aryl methyl sites for hydroxylation is 1. The molecular formula is C33H35ClNNaO4S. The summed E-state index contributed by atoms with van der Waals surface area (Å²) in [6.07, 6.45) is 2.36. The summed E-state index contributed by atoms with van der Waals surface area (Å²) in [5, 5.41) is 23.3. The van der Waals surface area contributed by atoms with Gasteiger partial charge >= 0.3 is 29.6 Å². The van der Waals surface area contributed by atoms with Gasteiger partial charge in [0.05, 0.1) is 17.3 Å². The van der Waals surface area contributed by atoms with E-state index in [0.717, 1.165) is 46.3 Å². The molecule has 3 unspecified atom stereocenters. The van der Waals surface area contributed by atoms with E-state index >= 15 is 0 Å². The third kappa shape index (κ3) is 10.0. The van der Waals surface area contributed by atoms with Crippen LogP contribution in [-0.2, 0) is 24.2 Å². The van der Waals surface area contributed by atoms with E-state index in [1.165, 1.54) is 5.56 Å². The van der Waals surface area contributed by atoms with Crippen LogP contribution in [0.3, 0.4) is 0 Å². The Hall–Kier alpha value is -2.06. The first kappa shape index (κ1) is 33.4. The maximum Gasteiger partial charge on any atom is 1.00 e. The zero-order chi connectivity index (χ0) is 28.5. The number of pyridine rings is 1. The van der Waals surface area contributed by atoms with Crippen LogP contribution in [-0.4, -0.2) is 27.9 Å². The molecule has 1 heterocycles. The fourth-order valence-corrected chi connectivity index (χ4v) is 6.34. The molecule has 0 aliphatic carbocycles. The first-order chi connectivity index (χ1) is 19.3. The standard InChI is InChI=1S/C33H36ClNO4S.Na/c1-3-23(33(37)38)21-40-32(16-13-24-7-4-5-8-26(24)17-22(2)36)27-9-6-10-30(18-27)39-20-29-15-12-25-11-14-28(34)19-31(25)35-29;/h4-12,14-15,18-19,22-23,32,36H,3,13,16-17,20-21H2,1-2H3,(H,37,38);/q;+1/p-1. The van der Waals surface area contributed by atoms with Crippen LogP contribution in [0.1, 0.15) is 54.3 Å². The maximum atomic E-state index is 11.6. The molecule has 1 N–H and O–H groups in total. The zero-order valence-corrected chi connectivity index (χ0v) is 27.5. The smallest absolute Gasteiger partial charge is 0.550 e. The Morgan fingerprint density at radius 3 is 2.54 bits per heavy atom. The average molecular weight is 600 g/mol. The minimum atomic E-state index is -1.00. The van der Waals surface area contributed by atoms with E-state index in [2.05, 4.69) is 23.2 Å². The van der Waals surface area contributed by atoms with Crippen LogP contribution >= 0.6 is 23.4 Å². The van der Waals surface area contributed by atoms with E-state index in [1.807, 2.05) is 67.6 Å². The average Bonchev–Trinajstić information content (AvgIpc) is 2.94. The molecular weight excluding hydrogens is 565 g/mol. The molecule has 0 fully saturated rings. The van der Waals surface area contributed by atoms with Crippen LogP contribution in [0.2, 0.25) is 5.02 Å². The van der Waals surface area contributed by atoms with Gasteiger partial charge in [-0.1, -0.05) is 67.1 Å². The van der Waals surface area contributed by atoms with Gasteiger partial charge in [0.25, 0.3) is 0 Å². The number of halogens is 1. The number of aliphatic carboxylic acids is 1. The zero-order valence-electron chi connectivity index (χ0n) is 23.9. The number of carbonyl (C=O) groups is 1. The number of hydrogen-bond donors (Lipinski definition) is 1. The van der Waals surface area contributed by atoms with Crippen molar-refractivity contribution >= 4 is 40.2 Å². The van der Waals surface area contributed by atoms with Gasteiger partial charge in [-0.2, -0.15) is 11.8 Å². The van der Waals surface area contributed by atoms with Gasteiger partial charge in [0, 0.05) is 33.3 Å². The van der Waals surface area contributed by atoms with Crippen LogP contribution < -0.4 is 39.4 Å². The number of rotatable bonds is 14. The Morgan fingerprint density at radius 1 is 1.05 bits per heavy atom. The van der Waals surface area contributed by atoms with E-state index in [1.54, 1.807) is 18.7 Å². The summed E-state index contributed by atoms with van der Waals surface area (Å²) in [5.41, 5.74) is 5.06. The van der Waals surface area contributed by atoms with Crippen molar-refractivity contribution in [3.05, 3.63) is 106 Å². The molecule has 0 saturated carbocycles. The SMILES string of the molecule is CCC(CSC(CCc1ccccc1CC(C)O)c1cccc(OCc2ccc3ccc(Cl)cc3n2)c1)C(=O)[O-].[Na+]. The van der Waals surface area contributed by atoms with Crippen molar-refractivity contribution in [2.24, 2.45) is 5.92 Å². The molecule has 3 atom stereocenters. The molecule has 0 aliphatic heterocycles. The third-order valence-electron chi connectivity index (χ3n) is 6.96. The number of nitrogens with zero attached hydrogens (tertiary/aromatic N) is 1. The van der Waals surface area contributed by atoms with Gasteiger partial charge in [0.1, 0.15) is 12.4 Å². The fraction of sp³-hybridized carbons (Fsp3) is 0.333. The molecule has 0 spiro atoms. The number of hydrogen-bond acceptors (Lipinski definition) is 6. The number of thioether (sulfide) groups is 1. The van der Waals surface area contributed by atoms with E-state index in [9.17, 15) is 15.0 Å². The second-order valence-electron chi connectivity index (χ2n) is 10.1. The molecule has 0 radical (unpaired) electrons. The normalized spacial score (nSPS) is 13.3. The van der Waals surface area contributed by atoms with E-state index in [4.69, 9.17) is 16.3 Å². The molecule has 5 nitrogen and oxygen atoms in total. The van der Waals surface area contributed by atoms with Gasteiger partial charge in [-0.05, 0) is 79.6 Å². The Bertz CT molecular complexity index is 1430. The fourth-order valence-electron chi connectivity index (χ4n) is 4.71. The number of carboxylic acid groups (broad SMARTS) is 1. The largest absolute Gasteiger partial charge is 1.00 e. The van der Waals surface area contributed by atoms with Gasteiger partial charge < -0.3 is 19.7 Å². The van der Waals surface area contributed by atoms with Crippen molar-refractivity contribution in [3.63, 3.8) is 0 Å². The summed E-state index contributed by atoms with van der Waals surface area (Å²) in [5.74, 6) is -0.287. The molecule has 3 aromatic carbocycles. The molecule has 210 valence electrons. The Morgan fingerprint density at radius 2 is 1.80 bits per heavy atom. The third-order valence-corrected chi connectivity index (χ3v) is 8.70. The summed E-state index contributed by atoms with van der Waals surface area (Å²) in [6.45, 7) is 4.00. The van der Waals surface area contributed by atoms with Crippen LogP contribution in [0, 0.1) is 5.92 Å². The molecule has 0 aliphatic rings. The summed E-state index contributed by atoms with van der Waals surface area (Å²) < 4.78 is 6.14. The molecule has 4 aromatic rings. The summed E-state index contributed by atoms with van der Waals surface area (Å²) in [4.78, 5) is 16.3. The number of carbonyl (C=O) groups excluding carboxylic acids is 1. The summed E-state index contributed by atoms with van der Waals surface area (Å²) in [6, 6.07) is 25.8. The molecule has 0 bridgehead atoms. The molecule has 8 heteroatoms. The molecule has 4 rings (SSSR count). The van der Waals surface area contributed by atoms with E-state index in [-0.39, 0.29) is 34.8 Å². The van der Waals surface area contributed by atoms with Gasteiger partial charge in [0.15, 0.2) is 0 Å². The summed E-state index contributed by atoms with van der Waals surface area (Å²) in [7, 11) is 0. The Labute approximate surface area is 274 Å². The van der Waals surface area contributed by atoms with Crippen molar-refractivity contribution in [3.8, 4) is 5.75 Å². The monoisotopic (exact) mass is 599 g/mol. The summed E-state index contributed by atoms with van der Waals surface area (Å²) >= 11 is 7.79. The maximum absolute atomic E-state index is 11.6. The van der Waals surface area contributed by atoms with Crippen molar-refractivity contribution in [2.45, 2.75) is 57.5 Å². The van der Waals surface area contributed by atoms with Crippen molar-refractivity contribution in [1.29, 1.82) is 0 Å². The van der Waals surface area contributed by atoms with Gasteiger partial charge in [-0.15, -0.1) is 0 Å². The Balaban J connectivity index is 0.00000462. The number of ether oxygens (including phenoxy) is 1. The number of carboxylic acids is 1. The predicted molar refractivity (Wildman–Crippen MR) is 162 cm³/mol. The van der Waals surface area contributed by atoms with Crippen LogP contribution in [0.25, 0.3) is 10.9 Å².